The number of hydrogen-bond acceptors (Lipinski definition) is 5. The van der Waals surface area contributed by atoms with E-state index in [-0.39, 0.29) is 0 Å². The summed E-state index contributed by atoms with van der Waals surface area (Å²) in [6.45, 7) is 4.32. The van der Waals surface area contributed by atoms with Gasteiger partial charge in [-0.2, -0.15) is 15.4 Å². The average Bonchev–Trinajstić information content (AvgIpc) is 3.27. The van der Waals surface area contributed by atoms with Crippen LogP contribution in [0.2, 0.25) is 0 Å². The van der Waals surface area contributed by atoms with Gasteiger partial charge < -0.3 is 14.2 Å². The number of hydrogen-bond donors (Lipinski definition) is 1. The maximum absolute atomic E-state index is 5.65. The van der Waals surface area contributed by atoms with Crippen LogP contribution in [-0.4, -0.2) is 36.2 Å². The van der Waals surface area contributed by atoms with Gasteiger partial charge in [-0.3, -0.25) is 0 Å². The third-order valence-electron chi connectivity index (χ3n) is 4.16. The lowest BCUT2D eigenvalue weighted by Gasteiger charge is -2.12. The van der Waals surface area contributed by atoms with Crippen LogP contribution in [0.5, 0.6) is 17.2 Å². The highest BCUT2D eigenvalue weighted by molar-refractivity contribution is 5.84. The molecule has 3 rings (SSSR count). The highest BCUT2D eigenvalue weighted by Crippen LogP contribution is 2.36. The van der Waals surface area contributed by atoms with E-state index in [2.05, 4.69) is 22.0 Å². The second-order valence-electron chi connectivity index (χ2n) is 5.98. The Morgan fingerprint density at radius 3 is 2.50 bits per heavy atom. The second kappa shape index (κ2) is 9.41. The van der Waals surface area contributed by atoms with Crippen LogP contribution in [0.25, 0.3) is 23.4 Å². The van der Waals surface area contributed by atoms with Crippen molar-refractivity contribution in [1.82, 2.24) is 15.4 Å². The third kappa shape index (κ3) is 4.59. The molecule has 0 saturated carbocycles. The van der Waals surface area contributed by atoms with E-state index in [4.69, 9.17) is 14.2 Å². The Morgan fingerprint density at radius 1 is 1.04 bits per heavy atom. The lowest BCUT2D eigenvalue weighted by molar-refractivity contribution is 0.325. The van der Waals surface area contributed by atoms with E-state index in [1.54, 1.807) is 20.4 Å². The molecule has 0 atom stereocenters. The minimum absolute atomic E-state index is 0.628. The number of methoxy groups -OCH3 is 2. The van der Waals surface area contributed by atoms with E-state index < -0.39 is 0 Å². The first-order valence-electron chi connectivity index (χ1n) is 8.89. The van der Waals surface area contributed by atoms with Crippen LogP contribution in [0.4, 0.5) is 0 Å². The van der Waals surface area contributed by atoms with E-state index in [9.17, 15) is 0 Å². The number of ether oxygens (including phenoxy) is 3. The SMILES string of the molecule is C=CCCOc1ccc(/C=C/c2cc(OC)cc(OC)c2-c2cn[nH]n2)cc1. The molecule has 28 heavy (non-hydrogen) atoms. The molecule has 1 N–H and O–H groups in total. The fourth-order valence-corrected chi connectivity index (χ4v) is 2.74. The van der Waals surface area contributed by atoms with E-state index in [1.807, 2.05) is 54.6 Å². The van der Waals surface area contributed by atoms with Crippen LogP contribution in [0.3, 0.4) is 0 Å². The highest BCUT2D eigenvalue weighted by atomic mass is 16.5. The van der Waals surface area contributed by atoms with E-state index >= 15 is 0 Å². The van der Waals surface area contributed by atoms with Crippen molar-refractivity contribution >= 4 is 12.2 Å². The van der Waals surface area contributed by atoms with Gasteiger partial charge in [-0.1, -0.05) is 30.4 Å². The third-order valence-corrected chi connectivity index (χ3v) is 4.16. The lowest BCUT2D eigenvalue weighted by atomic mass is 10.0. The summed E-state index contributed by atoms with van der Waals surface area (Å²) in [6.07, 6.45) is 8.35. The molecule has 1 heterocycles. The molecule has 0 radical (unpaired) electrons. The minimum atomic E-state index is 0.628. The first-order chi connectivity index (χ1) is 13.7. The Hall–Kier alpha value is -3.54. The normalized spacial score (nSPS) is 10.8. The Kier molecular flexibility index (Phi) is 6.46. The van der Waals surface area contributed by atoms with Crippen molar-refractivity contribution in [1.29, 1.82) is 0 Å². The number of aromatic nitrogens is 3. The summed E-state index contributed by atoms with van der Waals surface area (Å²) in [6, 6.07) is 11.7. The van der Waals surface area contributed by atoms with E-state index in [1.165, 1.54) is 0 Å². The highest BCUT2D eigenvalue weighted by Gasteiger charge is 2.15. The van der Waals surface area contributed by atoms with Crippen LogP contribution >= 0.6 is 0 Å². The molecule has 0 aliphatic heterocycles. The van der Waals surface area contributed by atoms with Gasteiger partial charge in [0.25, 0.3) is 0 Å². The van der Waals surface area contributed by atoms with Crippen molar-refractivity contribution in [2.75, 3.05) is 20.8 Å². The van der Waals surface area contributed by atoms with Crippen LogP contribution in [-0.2, 0) is 0 Å². The monoisotopic (exact) mass is 377 g/mol. The molecule has 6 nitrogen and oxygen atoms in total. The van der Waals surface area contributed by atoms with Gasteiger partial charge in [-0.25, -0.2) is 0 Å². The van der Waals surface area contributed by atoms with Crippen molar-refractivity contribution in [2.24, 2.45) is 0 Å². The van der Waals surface area contributed by atoms with Gasteiger partial charge in [0, 0.05) is 6.07 Å². The Labute approximate surface area is 164 Å². The van der Waals surface area contributed by atoms with Crippen LogP contribution < -0.4 is 14.2 Å². The molecule has 0 spiro atoms. The molecule has 0 aliphatic rings. The topological polar surface area (TPSA) is 69.3 Å². The molecule has 0 unspecified atom stereocenters. The first-order valence-corrected chi connectivity index (χ1v) is 8.89. The summed E-state index contributed by atoms with van der Waals surface area (Å²) in [5.74, 6) is 2.21. The second-order valence-corrected chi connectivity index (χ2v) is 5.98. The summed E-state index contributed by atoms with van der Waals surface area (Å²) in [5.41, 5.74) is 3.50. The van der Waals surface area contributed by atoms with Crippen molar-refractivity contribution in [3.63, 3.8) is 0 Å². The molecule has 0 saturated heterocycles. The van der Waals surface area contributed by atoms with Gasteiger partial charge in [-0.15, -0.1) is 6.58 Å². The lowest BCUT2D eigenvalue weighted by Crippen LogP contribution is -1.95. The summed E-state index contributed by atoms with van der Waals surface area (Å²) in [4.78, 5) is 0. The van der Waals surface area contributed by atoms with E-state index in [0.29, 0.717) is 23.8 Å². The molecule has 0 aliphatic carbocycles. The quantitative estimate of drug-likeness (QED) is 0.335. The van der Waals surface area contributed by atoms with Crippen molar-refractivity contribution in [3.05, 3.63) is 66.4 Å². The smallest absolute Gasteiger partial charge is 0.132 e. The van der Waals surface area contributed by atoms with E-state index in [0.717, 1.165) is 28.9 Å². The number of aromatic amines is 1. The van der Waals surface area contributed by atoms with Gasteiger partial charge in [0.2, 0.25) is 0 Å². The zero-order valence-electron chi connectivity index (χ0n) is 16.0. The fourth-order valence-electron chi connectivity index (χ4n) is 2.74. The Bertz CT molecular complexity index is 932. The molecule has 2 aromatic carbocycles. The van der Waals surface area contributed by atoms with Crippen LogP contribution in [0, 0.1) is 0 Å². The zero-order chi connectivity index (χ0) is 19.8. The molecule has 0 fully saturated rings. The minimum Gasteiger partial charge on any atom is -0.497 e. The van der Waals surface area contributed by atoms with Crippen LogP contribution in [0.15, 0.2) is 55.3 Å². The van der Waals surface area contributed by atoms with Gasteiger partial charge in [-0.05, 0) is 35.7 Å². The fraction of sp³-hybridized carbons (Fsp3) is 0.182. The largest absolute Gasteiger partial charge is 0.497 e. The van der Waals surface area contributed by atoms with Crippen molar-refractivity contribution in [2.45, 2.75) is 6.42 Å². The number of H-pyrrole nitrogens is 1. The number of nitrogens with zero attached hydrogens (tertiary/aromatic N) is 2. The molecular weight excluding hydrogens is 354 g/mol. The zero-order valence-corrected chi connectivity index (χ0v) is 16.0. The molecule has 1 aromatic heterocycles. The van der Waals surface area contributed by atoms with Gasteiger partial charge in [0.1, 0.15) is 22.9 Å². The maximum Gasteiger partial charge on any atom is 0.132 e. The van der Waals surface area contributed by atoms with Crippen molar-refractivity contribution < 1.29 is 14.2 Å². The summed E-state index contributed by atoms with van der Waals surface area (Å²) >= 11 is 0. The van der Waals surface area contributed by atoms with Gasteiger partial charge in [0.05, 0.1) is 32.6 Å². The van der Waals surface area contributed by atoms with Gasteiger partial charge in [0.15, 0.2) is 0 Å². The standard InChI is InChI=1S/C22H23N3O3/c1-4-5-12-28-18-10-7-16(8-11-18)6-9-17-13-19(26-2)14-21(27-3)22(17)20-15-23-25-24-20/h4,6-11,13-15H,1,5,12H2,2-3H3,(H,23,24,25)/b9-6+. The molecule has 144 valence electrons. The maximum atomic E-state index is 5.65. The average molecular weight is 377 g/mol. The summed E-state index contributed by atoms with van der Waals surface area (Å²) < 4.78 is 16.6. The first kappa shape index (κ1) is 19.2. The summed E-state index contributed by atoms with van der Waals surface area (Å²) in [5, 5.41) is 10.8. The van der Waals surface area contributed by atoms with Crippen LogP contribution in [0.1, 0.15) is 17.5 Å². The number of nitrogens with one attached hydrogen (secondary N) is 1. The predicted molar refractivity (Wildman–Crippen MR) is 111 cm³/mol. The number of benzene rings is 2. The number of rotatable bonds is 9. The summed E-state index contributed by atoms with van der Waals surface area (Å²) in [7, 11) is 3.25. The molecule has 0 bridgehead atoms. The molecule has 0 amide bonds. The Balaban J connectivity index is 1.89. The van der Waals surface area contributed by atoms with Crippen molar-refractivity contribution in [3.8, 4) is 28.5 Å². The predicted octanol–water partition coefficient (Wildman–Crippen LogP) is 4.61. The molecular formula is C22H23N3O3. The Morgan fingerprint density at radius 2 is 1.86 bits per heavy atom. The van der Waals surface area contributed by atoms with Gasteiger partial charge >= 0.3 is 0 Å². The molecule has 3 aromatic rings. The molecule has 6 heteroatoms.